The van der Waals surface area contributed by atoms with Crippen molar-refractivity contribution < 1.29 is 17.7 Å². The van der Waals surface area contributed by atoms with Gasteiger partial charge in [-0.05, 0) is 32.9 Å². The van der Waals surface area contributed by atoms with Crippen molar-refractivity contribution in [3.8, 4) is 0 Å². The Hall–Kier alpha value is -1.68. The van der Waals surface area contributed by atoms with Crippen LogP contribution in [0.3, 0.4) is 0 Å². The largest absolute Gasteiger partial charge is 0.360 e. The maximum atomic E-state index is 12.7. The number of nitrogens with one attached hydrogen (secondary N) is 1. The van der Waals surface area contributed by atoms with Crippen molar-refractivity contribution >= 4 is 38.9 Å². The first kappa shape index (κ1) is 20.6. The third-order valence-electron chi connectivity index (χ3n) is 3.58. The normalized spacial score (nSPS) is 12.8. The Morgan fingerprint density at radius 3 is 2.69 bits per heavy atom. The minimum atomic E-state index is -3.94. The van der Waals surface area contributed by atoms with Crippen LogP contribution in [0.25, 0.3) is 0 Å². The smallest absolute Gasteiger partial charge is 0.246 e. The summed E-state index contributed by atoms with van der Waals surface area (Å²) in [6.07, 6.45) is 1.59. The molecule has 1 N–H and O–H groups in total. The molecule has 2 aromatic heterocycles. The molecule has 26 heavy (non-hydrogen) atoms. The summed E-state index contributed by atoms with van der Waals surface area (Å²) in [5.74, 6) is -0.199. The SMILES string of the molecule is C=CCN(Cc1ccc(Cl)s1)C(=O)[C@H](C)NS(=O)(=O)c1c(C)noc1C. The second-order valence-corrected chi connectivity index (χ2v) is 9.16. The summed E-state index contributed by atoms with van der Waals surface area (Å²) in [6, 6.07) is 2.61. The summed E-state index contributed by atoms with van der Waals surface area (Å²) < 4.78 is 33.1. The number of carbonyl (C=O) groups is 1. The monoisotopic (exact) mass is 417 g/mol. The quantitative estimate of drug-likeness (QED) is 0.666. The number of halogens is 1. The summed E-state index contributed by atoms with van der Waals surface area (Å²) in [6.45, 7) is 8.79. The van der Waals surface area contributed by atoms with E-state index in [1.54, 1.807) is 12.1 Å². The standard InChI is InChI=1S/C16H20ClN3O4S2/c1-5-8-20(9-13-6-7-14(17)25-13)16(21)11(3)19-26(22,23)15-10(2)18-24-12(15)4/h5-7,11,19H,1,8-9H2,2-4H3/t11-/m0/s1. The fourth-order valence-corrected chi connectivity index (χ4v) is 5.12. The molecule has 0 saturated heterocycles. The second kappa shape index (κ2) is 8.34. The van der Waals surface area contributed by atoms with Crippen molar-refractivity contribution in [3.05, 3.63) is 45.5 Å². The van der Waals surface area contributed by atoms with Crippen LogP contribution in [0.5, 0.6) is 0 Å². The number of amides is 1. The maximum Gasteiger partial charge on any atom is 0.246 e. The van der Waals surface area contributed by atoms with E-state index in [0.29, 0.717) is 10.9 Å². The Morgan fingerprint density at radius 2 is 2.19 bits per heavy atom. The summed E-state index contributed by atoms with van der Waals surface area (Å²) in [5, 5.41) is 3.64. The van der Waals surface area contributed by atoms with Crippen LogP contribution in [0, 0.1) is 13.8 Å². The molecule has 0 saturated carbocycles. The molecule has 1 atom stereocenters. The molecule has 2 rings (SSSR count). The molecule has 0 spiro atoms. The van der Waals surface area contributed by atoms with E-state index in [9.17, 15) is 13.2 Å². The van der Waals surface area contributed by atoms with E-state index in [1.807, 2.05) is 6.07 Å². The van der Waals surface area contributed by atoms with Crippen molar-refractivity contribution in [2.24, 2.45) is 0 Å². The van der Waals surface area contributed by atoms with E-state index >= 15 is 0 Å². The fourth-order valence-electron chi connectivity index (χ4n) is 2.49. The third-order valence-corrected chi connectivity index (χ3v) is 6.58. The first-order valence-electron chi connectivity index (χ1n) is 7.74. The van der Waals surface area contributed by atoms with Crippen LogP contribution in [0.4, 0.5) is 0 Å². The zero-order valence-electron chi connectivity index (χ0n) is 14.7. The number of hydrogen-bond acceptors (Lipinski definition) is 6. The lowest BCUT2D eigenvalue weighted by molar-refractivity contribution is -0.132. The zero-order valence-corrected chi connectivity index (χ0v) is 17.0. The van der Waals surface area contributed by atoms with Gasteiger partial charge in [-0.2, -0.15) is 4.72 Å². The van der Waals surface area contributed by atoms with Crippen LogP contribution in [0.2, 0.25) is 4.34 Å². The van der Waals surface area contributed by atoms with E-state index in [4.69, 9.17) is 16.1 Å². The highest BCUT2D eigenvalue weighted by molar-refractivity contribution is 7.89. The summed E-state index contributed by atoms with van der Waals surface area (Å²) >= 11 is 7.29. The molecule has 7 nitrogen and oxygen atoms in total. The van der Waals surface area contributed by atoms with Gasteiger partial charge in [0.2, 0.25) is 15.9 Å². The first-order chi connectivity index (χ1) is 12.2. The molecule has 0 aromatic carbocycles. The number of aromatic nitrogens is 1. The van der Waals surface area contributed by atoms with Crippen molar-refractivity contribution in [1.82, 2.24) is 14.8 Å². The number of thiophene rings is 1. The average molecular weight is 418 g/mol. The van der Waals surface area contributed by atoms with Crippen LogP contribution in [-0.4, -0.2) is 37.0 Å². The Morgan fingerprint density at radius 1 is 1.50 bits per heavy atom. The van der Waals surface area contributed by atoms with E-state index in [1.165, 1.54) is 37.0 Å². The van der Waals surface area contributed by atoms with Crippen LogP contribution in [-0.2, 0) is 21.4 Å². The van der Waals surface area contributed by atoms with Crippen LogP contribution in [0.15, 0.2) is 34.2 Å². The highest BCUT2D eigenvalue weighted by Gasteiger charge is 2.30. The molecule has 0 aliphatic carbocycles. The number of aryl methyl sites for hydroxylation is 2. The maximum absolute atomic E-state index is 12.7. The lowest BCUT2D eigenvalue weighted by Crippen LogP contribution is -2.46. The number of rotatable bonds is 8. The van der Waals surface area contributed by atoms with Gasteiger partial charge in [0, 0.05) is 11.4 Å². The summed E-state index contributed by atoms with van der Waals surface area (Å²) in [7, 11) is -3.94. The zero-order chi connectivity index (χ0) is 19.5. The first-order valence-corrected chi connectivity index (χ1v) is 10.4. The summed E-state index contributed by atoms with van der Waals surface area (Å²) in [5.41, 5.74) is 0.242. The van der Waals surface area contributed by atoms with Gasteiger partial charge < -0.3 is 9.42 Å². The fraction of sp³-hybridized carbons (Fsp3) is 0.375. The number of carbonyl (C=O) groups excluding carboxylic acids is 1. The second-order valence-electron chi connectivity index (χ2n) is 5.71. The van der Waals surface area contributed by atoms with Gasteiger partial charge in [-0.15, -0.1) is 17.9 Å². The summed E-state index contributed by atoms with van der Waals surface area (Å²) in [4.78, 5) is 15.1. The van der Waals surface area contributed by atoms with Gasteiger partial charge in [0.15, 0.2) is 5.76 Å². The van der Waals surface area contributed by atoms with Crippen molar-refractivity contribution in [2.45, 2.75) is 38.3 Å². The van der Waals surface area contributed by atoms with Gasteiger partial charge in [-0.3, -0.25) is 4.79 Å². The van der Waals surface area contributed by atoms with E-state index in [2.05, 4.69) is 16.5 Å². The molecule has 0 aliphatic rings. The molecule has 0 fully saturated rings. The molecule has 2 heterocycles. The molecule has 142 valence electrons. The van der Waals surface area contributed by atoms with Crippen molar-refractivity contribution in [2.75, 3.05) is 6.54 Å². The molecule has 1 amide bonds. The van der Waals surface area contributed by atoms with Crippen LogP contribution < -0.4 is 4.72 Å². The highest BCUT2D eigenvalue weighted by Crippen LogP contribution is 2.23. The van der Waals surface area contributed by atoms with Gasteiger partial charge >= 0.3 is 0 Å². The molecular formula is C16H20ClN3O4S2. The molecule has 10 heteroatoms. The van der Waals surface area contributed by atoms with Gasteiger partial charge in [0.1, 0.15) is 10.6 Å². The lowest BCUT2D eigenvalue weighted by atomic mass is 10.3. The molecule has 0 radical (unpaired) electrons. The van der Waals surface area contributed by atoms with Gasteiger partial charge in [0.25, 0.3) is 0 Å². The number of nitrogens with zero attached hydrogens (tertiary/aromatic N) is 2. The minimum Gasteiger partial charge on any atom is -0.360 e. The minimum absolute atomic E-state index is 0.0440. The lowest BCUT2D eigenvalue weighted by Gasteiger charge is -2.24. The van der Waals surface area contributed by atoms with Crippen LogP contribution in [0.1, 0.15) is 23.3 Å². The Labute approximate surface area is 161 Å². The topological polar surface area (TPSA) is 92.5 Å². The number of sulfonamides is 1. The molecule has 0 aliphatic heterocycles. The Balaban J connectivity index is 2.16. The van der Waals surface area contributed by atoms with Crippen LogP contribution >= 0.6 is 22.9 Å². The van der Waals surface area contributed by atoms with E-state index in [0.717, 1.165) is 4.88 Å². The molecule has 0 unspecified atom stereocenters. The van der Waals surface area contributed by atoms with Gasteiger partial charge in [-0.1, -0.05) is 22.8 Å². The van der Waals surface area contributed by atoms with Gasteiger partial charge in [0.05, 0.1) is 16.9 Å². The van der Waals surface area contributed by atoms with E-state index in [-0.39, 0.29) is 28.8 Å². The average Bonchev–Trinajstić information content (AvgIpc) is 3.11. The van der Waals surface area contributed by atoms with Crippen molar-refractivity contribution in [1.29, 1.82) is 0 Å². The van der Waals surface area contributed by atoms with Crippen molar-refractivity contribution in [3.63, 3.8) is 0 Å². The third kappa shape index (κ3) is 4.73. The molecule has 0 bridgehead atoms. The number of hydrogen-bond donors (Lipinski definition) is 1. The molecule has 2 aromatic rings. The molecular weight excluding hydrogens is 398 g/mol. The predicted molar refractivity (Wildman–Crippen MR) is 101 cm³/mol. The highest BCUT2D eigenvalue weighted by atomic mass is 35.5. The Bertz CT molecular complexity index is 885. The Kier molecular flexibility index (Phi) is 6.62. The predicted octanol–water partition coefficient (Wildman–Crippen LogP) is 2.89. The van der Waals surface area contributed by atoms with E-state index < -0.39 is 16.1 Å². The van der Waals surface area contributed by atoms with Gasteiger partial charge in [-0.25, -0.2) is 8.42 Å².